The number of hydrogen-bond acceptors (Lipinski definition) is 6. The van der Waals surface area contributed by atoms with E-state index in [1.807, 2.05) is 6.92 Å². The van der Waals surface area contributed by atoms with Crippen molar-refractivity contribution in [3.8, 4) is 5.75 Å². The molecule has 1 atom stereocenters. The van der Waals surface area contributed by atoms with Crippen LogP contribution in [0.3, 0.4) is 0 Å². The fraction of sp³-hybridized carbons (Fsp3) is 0.556. The van der Waals surface area contributed by atoms with Crippen LogP contribution in [-0.4, -0.2) is 61.0 Å². The topological polar surface area (TPSA) is 101 Å². The fourth-order valence-corrected chi connectivity index (χ4v) is 4.70. The van der Waals surface area contributed by atoms with Crippen LogP contribution < -0.4 is 0 Å². The Morgan fingerprint density at radius 2 is 2.08 bits per heavy atom. The molecule has 1 aliphatic rings. The minimum atomic E-state index is -3.12. The zero-order chi connectivity index (χ0) is 19.3. The van der Waals surface area contributed by atoms with E-state index >= 15 is 0 Å². The van der Waals surface area contributed by atoms with Gasteiger partial charge in [-0.05, 0) is 31.4 Å². The molecule has 1 amide bonds. The first-order valence-electron chi connectivity index (χ1n) is 8.70. The number of rotatable bonds is 7. The number of phenols is 1. The van der Waals surface area contributed by atoms with E-state index in [1.54, 1.807) is 19.1 Å². The lowest BCUT2D eigenvalue weighted by Crippen LogP contribution is -2.43. The molecule has 1 heterocycles. The normalized spacial score (nSPS) is 18.5. The van der Waals surface area contributed by atoms with Crippen molar-refractivity contribution < 1.29 is 27.9 Å². The number of esters is 1. The minimum Gasteiger partial charge on any atom is -0.507 e. The molecular formula is C18H25NO6S. The molecule has 1 aromatic rings. The first kappa shape index (κ1) is 20.2. The minimum absolute atomic E-state index is 0.00125. The third-order valence-corrected chi connectivity index (χ3v) is 6.26. The second kappa shape index (κ2) is 8.53. The third kappa shape index (κ3) is 4.97. The highest BCUT2D eigenvalue weighted by atomic mass is 32.2. The third-order valence-electron chi connectivity index (χ3n) is 4.51. The first-order valence-corrected chi connectivity index (χ1v) is 10.5. The molecule has 1 N–H and O–H groups in total. The number of amides is 1. The largest absolute Gasteiger partial charge is 0.507 e. The summed E-state index contributed by atoms with van der Waals surface area (Å²) in [5, 5.41) is 9.93. The summed E-state index contributed by atoms with van der Waals surface area (Å²) >= 11 is 0. The van der Waals surface area contributed by atoms with Gasteiger partial charge >= 0.3 is 5.97 Å². The molecular weight excluding hydrogens is 358 g/mol. The predicted molar refractivity (Wildman–Crippen MR) is 96.8 cm³/mol. The van der Waals surface area contributed by atoms with Crippen molar-refractivity contribution in [2.24, 2.45) is 0 Å². The Labute approximate surface area is 153 Å². The molecule has 8 heteroatoms. The van der Waals surface area contributed by atoms with Gasteiger partial charge in [-0.25, -0.2) is 13.2 Å². The Bertz CT molecular complexity index is 774. The lowest BCUT2D eigenvalue weighted by atomic mass is 10.1. The van der Waals surface area contributed by atoms with Crippen LogP contribution in [0.4, 0.5) is 0 Å². The van der Waals surface area contributed by atoms with Crippen LogP contribution in [0, 0.1) is 6.92 Å². The van der Waals surface area contributed by atoms with E-state index in [0.717, 1.165) is 12.8 Å². The average molecular weight is 383 g/mol. The molecule has 1 unspecified atom stereocenters. The van der Waals surface area contributed by atoms with Crippen molar-refractivity contribution in [1.29, 1.82) is 0 Å². The number of aryl methyl sites for hydroxylation is 1. The molecule has 0 spiro atoms. The Morgan fingerprint density at radius 3 is 2.69 bits per heavy atom. The second-order valence-corrected chi connectivity index (χ2v) is 8.77. The number of carbonyl (C=O) groups excluding carboxylic acids is 2. The average Bonchev–Trinajstić information content (AvgIpc) is 2.95. The number of aromatic hydroxyl groups is 1. The summed E-state index contributed by atoms with van der Waals surface area (Å²) in [6.45, 7) is 3.59. The zero-order valence-corrected chi connectivity index (χ0v) is 15.9. The number of ether oxygens (including phenoxy) is 1. The van der Waals surface area contributed by atoms with E-state index in [2.05, 4.69) is 0 Å². The van der Waals surface area contributed by atoms with Gasteiger partial charge < -0.3 is 14.7 Å². The number of nitrogens with zero attached hydrogens (tertiary/aromatic N) is 1. The Morgan fingerprint density at radius 1 is 1.35 bits per heavy atom. The quantitative estimate of drug-likeness (QED) is 0.719. The van der Waals surface area contributed by atoms with Crippen molar-refractivity contribution >= 4 is 21.7 Å². The van der Waals surface area contributed by atoms with Crippen LogP contribution in [0.2, 0.25) is 0 Å². The van der Waals surface area contributed by atoms with Crippen LogP contribution in [0.25, 0.3) is 0 Å². The van der Waals surface area contributed by atoms with Gasteiger partial charge in [0, 0.05) is 12.6 Å². The molecule has 0 aromatic heterocycles. The van der Waals surface area contributed by atoms with Crippen molar-refractivity contribution in [3.05, 3.63) is 29.3 Å². The summed E-state index contributed by atoms with van der Waals surface area (Å²) < 4.78 is 28.5. The van der Waals surface area contributed by atoms with E-state index in [1.165, 1.54) is 11.0 Å². The highest BCUT2D eigenvalue weighted by Crippen LogP contribution is 2.22. The standard InChI is InChI=1S/C18H25NO6S/c1-3-4-9-19(14-8-10-26(23,24)12-14)16(20)11-25-18(22)15-7-5-6-13(2)17(15)21/h5-7,14,21H,3-4,8-12H2,1-2H3. The van der Waals surface area contributed by atoms with Crippen molar-refractivity contribution in [3.63, 3.8) is 0 Å². The highest BCUT2D eigenvalue weighted by Gasteiger charge is 2.34. The molecule has 1 aromatic carbocycles. The molecule has 0 bridgehead atoms. The summed E-state index contributed by atoms with van der Waals surface area (Å²) in [5.41, 5.74) is 0.535. The van der Waals surface area contributed by atoms with Crippen LogP contribution in [-0.2, 0) is 19.4 Å². The molecule has 0 radical (unpaired) electrons. The molecule has 26 heavy (non-hydrogen) atoms. The zero-order valence-electron chi connectivity index (χ0n) is 15.1. The van der Waals surface area contributed by atoms with Gasteiger partial charge in [0.25, 0.3) is 5.91 Å². The maximum atomic E-state index is 12.5. The Hall–Kier alpha value is -2.09. The summed E-state index contributed by atoms with van der Waals surface area (Å²) in [6, 6.07) is 4.33. The maximum Gasteiger partial charge on any atom is 0.342 e. The fourth-order valence-electron chi connectivity index (χ4n) is 2.97. The van der Waals surface area contributed by atoms with E-state index in [0.29, 0.717) is 18.5 Å². The monoisotopic (exact) mass is 383 g/mol. The van der Waals surface area contributed by atoms with Crippen LogP contribution in [0.15, 0.2) is 18.2 Å². The second-order valence-electron chi connectivity index (χ2n) is 6.54. The number of carbonyl (C=O) groups is 2. The summed E-state index contributed by atoms with van der Waals surface area (Å²) in [4.78, 5) is 26.2. The van der Waals surface area contributed by atoms with Crippen LogP contribution in [0.1, 0.15) is 42.1 Å². The number of hydrogen-bond donors (Lipinski definition) is 1. The number of unbranched alkanes of at least 4 members (excludes halogenated alkanes) is 1. The Balaban J connectivity index is 2.02. The van der Waals surface area contributed by atoms with E-state index < -0.39 is 28.3 Å². The predicted octanol–water partition coefficient (Wildman–Crippen LogP) is 1.67. The molecule has 144 valence electrons. The smallest absolute Gasteiger partial charge is 0.342 e. The van der Waals surface area contributed by atoms with Crippen LogP contribution >= 0.6 is 0 Å². The summed E-state index contributed by atoms with van der Waals surface area (Å²) in [5.74, 6) is -1.34. The van der Waals surface area contributed by atoms with Gasteiger partial charge in [-0.1, -0.05) is 25.5 Å². The Kier molecular flexibility index (Phi) is 6.63. The molecule has 2 rings (SSSR count). The summed E-state index contributed by atoms with van der Waals surface area (Å²) in [7, 11) is -3.12. The molecule has 7 nitrogen and oxygen atoms in total. The van der Waals surface area contributed by atoms with Gasteiger partial charge in [0.15, 0.2) is 16.4 Å². The van der Waals surface area contributed by atoms with Gasteiger partial charge in [0.1, 0.15) is 11.3 Å². The number of sulfone groups is 1. The van der Waals surface area contributed by atoms with E-state index in [4.69, 9.17) is 4.74 Å². The van der Waals surface area contributed by atoms with Crippen LogP contribution in [0.5, 0.6) is 5.75 Å². The maximum absolute atomic E-state index is 12.5. The SMILES string of the molecule is CCCCN(C(=O)COC(=O)c1cccc(C)c1O)C1CCS(=O)(=O)C1. The molecule has 1 saturated heterocycles. The van der Waals surface area contributed by atoms with Gasteiger partial charge in [-0.2, -0.15) is 0 Å². The first-order chi connectivity index (χ1) is 12.2. The lowest BCUT2D eigenvalue weighted by Gasteiger charge is -2.28. The molecule has 1 fully saturated rings. The van der Waals surface area contributed by atoms with E-state index in [-0.39, 0.29) is 28.9 Å². The molecule has 0 saturated carbocycles. The van der Waals surface area contributed by atoms with Gasteiger partial charge in [-0.3, -0.25) is 4.79 Å². The van der Waals surface area contributed by atoms with Crippen molar-refractivity contribution in [2.75, 3.05) is 24.7 Å². The van der Waals surface area contributed by atoms with Crippen molar-refractivity contribution in [1.82, 2.24) is 4.90 Å². The number of benzene rings is 1. The van der Waals surface area contributed by atoms with Gasteiger partial charge in [-0.15, -0.1) is 0 Å². The molecule has 0 aliphatic carbocycles. The molecule has 1 aliphatic heterocycles. The number of phenolic OH excluding ortho intramolecular Hbond substituents is 1. The van der Waals surface area contributed by atoms with Gasteiger partial charge in [0.05, 0.1) is 11.5 Å². The van der Waals surface area contributed by atoms with E-state index in [9.17, 15) is 23.1 Å². The van der Waals surface area contributed by atoms with Crippen molar-refractivity contribution in [2.45, 2.75) is 39.2 Å². The summed E-state index contributed by atoms with van der Waals surface area (Å²) in [6.07, 6.45) is 2.01. The number of para-hydroxylation sites is 1. The highest BCUT2D eigenvalue weighted by molar-refractivity contribution is 7.91. The van der Waals surface area contributed by atoms with Gasteiger partial charge in [0.2, 0.25) is 0 Å². The lowest BCUT2D eigenvalue weighted by molar-refractivity contribution is -0.136.